The molecule has 3 aromatic rings. The van der Waals surface area contributed by atoms with E-state index in [1.54, 1.807) is 44.4 Å². The van der Waals surface area contributed by atoms with Crippen LogP contribution < -0.4 is 9.47 Å². The minimum absolute atomic E-state index is 0.270. The summed E-state index contributed by atoms with van der Waals surface area (Å²) in [6.07, 6.45) is -0.901. The molecule has 1 atom stereocenters. The lowest BCUT2D eigenvalue weighted by Gasteiger charge is -2.14. The number of carbonyl (C=O) groups is 2. The lowest BCUT2D eigenvalue weighted by Crippen LogP contribution is -2.27. The van der Waals surface area contributed by atoms with Gasteiger partial charge in [-0.2, -0.15) is 0 Å². The van der Waals surface area contributed by atoms with Gasteiger partial charge in [-0.15, -0.1) is 0 Å². The van der Waals surface area contributed by atoms with E-state index < -0.39 is 12.1 Å². The molecule has 0 amide bonds. The van der Waals surface area contributed by atoms with Crippen LogP contribution in [-0.4, -0.2) is 31.6 Å². The molecule has 0 bridgehead atoms. The fourth-order valence-electron chi connectivity index (χ4n) is 2.73. The van der Waals surface area contributed by atoms with Crippen molar-refractivity contribution in [2.45, 2.75) is 13.0 Å². The van der Waals surface area contributed by atoms with E-state index in [1.165, 1.54) is 0 Å². The smallest absolute Gasteiger partial charge is 0.344 e. The fraction of sp³-hybridized carbons (Fsp3) is 0.182. The van der Waals surface area contributed by atoms with E-state index in [0.717, 1.165) is 10.8 Å². The number of ketones is 1. The van der Waals surface area contributed by atoms with Crippen molar-refractivity contribution in [1.29, 1.82) is 0 Å². The topological polar surface area (TPSA) is 61.8 Å². The molecule has 0 unspecified atom stereocenters. The molecule has 3 aromatic carbocycles. The first-order chi connectivity index (χ1) is 13.1. The van der Waals surface area contributed by atoms with Gasteiger partial charge < -0.3 is 14.2 Å². The zero-order chi connectivity index (χ0) is 19.2. The first-order valence-corrected chi connectivity index (χ1v) is 8.57. The van der Waals surface area contributed by atoms with Gasteiger partial charge in [0.2, 0.25) is 5.78 Å². The van der Waals surface area contributed by atoms with Crippen molar-refractivity contribution in [2.75, 3.05) is 13.7 Å². The molecule has 0 spiro atoms. The molecule has 0 radical (unpaired) electrons. The molecule has 0 saturated heterocycles. The average Bonchev–Trinajstić information content (AvgIpc) is 2.71. The highest BCUT2D eigenvalue weighted by Gasteiger charge is 2.20. The van der Waals surface area contributed by atoms with Gasteiger partial charge in [0.25, 0.3) is 0 Å². The van der Waals surface area contributed by atoms with E-state index >= 15 is 0 Å². The molecule has 0 aromatic heterocycles. The lowest BCUT2D eigenvalue weighted by atomic mass is 10.1. The minimum atomic E-state index is -0.901. The fourth-order valence-corrected chi connectivity index (χ4v) is 2.73. The summed E-state index contributed by atoms with van der Waals surface area (Å²) < 4.78 is 15.9. The van der Waals surface area contributed by atoms with Gasteiger partial charge in [-0.25, -0.2) is 4.79 Å². The van der Waals surface area contributed by atoms with Gasteiger partial charge in [0.1, 0.15) is 11.5 Å². The van der Waals surface area contributed by atoms with Gasteiger partial charge in [-0.05, 0) is 42.6 Å². The van der Waals surface area contributed by atoms with Crippen LogP contribution in [0.4, 0.5) is 0 Å². The Balaban J connectivity index is 1.58. The first-order valence-electron chi connectivity index (χ1n) is 8.57. The van der Waals surface area contributed by atoms with Crippen molar-refractivity contribution < 1.29 is 23.8 Å². The van der Waals surface area contributed by atoms with Crippen LogP contribution in [0.3, 0.4) is 0 Å². The van der Waals surface area contributed by atoms with Gasteiger partial charge in [0, 0.05) is 10.9 Å². The molecule has 5 heteroatoms. The summed E-state index contributed by atoms with van der Waals surface area (Å²) in [5.74, 6) is 0.368. The Labute approximate surface area is 157 Å². The number of ether oxygens (including phenoxy) is 3. The quantitative estimate of drug-likeness (QED) is 0.468. The molecule has 3 rings (SSSR count). The highest BCUT2D eigenvalue weighted by molar-refractivity contribution is 6.00. The van der Waals surface area contributed by atoms with E-state index in [9.17, 15) is 9.59 Å². The van der Waals surface area contributed by atoms with Crippen molar-refractivity contribution in [3.8, 4) is 11.5 Å². The van der Waals surface area contributed by atoms with Crippen molar-refractivity contribution in [3.05, 3.63) is 72.3 Å². The largest absolute Gasteiger partial charge is 0.497 e. The monoisotopic (exact) mass is 364 g/mol. The van der Waals surface area contributed by atoms with Crippen LogP contribution in [0.5, 0.6) is 11.5 Å². The van der Waals surface area contributed by atoms with Crippen LogP contribution in [0.2, 0.25) is 0 Å². The lowest BCUT2D eigenvalue weighted by molar-refractivity contribution is -0.148. The second-order valence-corrected chi connectivity index (χ2v) is 5.99. The maximum atomic E-state index is 12.4. The average molecular weight is 364 g/mol. The van der Waals surface area contributed by atoms with Crippen LogP contribution in [0.1, 0.15) is 17.3 Å². The zero-order valence-electron chi connectivity index (χ0n) is 15.2. The van der Waals surface area contributed by atoms with E-state index in [0.29, 0.717) is 17.1 Å². The third kappa shape index (κ3) is 4.44. The molecular formula is C22H20O5. The number of esters is 1. The van der Waals surface area contributed by atoms with Crippen LogP contribution in [0.25, 0.3) is 10.8 Å². The molecule has 0 N–H and O–H groups in total. The van der Waals surface area contributed by atoms with Crippen LogP contribution in [0.15, 0.2) is 66.7 Å². The maximum Gasteiger partial charge on any atom is 0.344 e. The molecule has 0 aliphatic rings. The summed E-state index contributed by atoms with van der Waals surface area (Å²) >= 11 is 0. The molecule has 27 heavy (non-hydrogen) atoms. The van der Waals surface area contributed by atoms with Gasteiger partial charge >= 0.3 is 5.97 Å². The minimum Gasteiger partial charge on any atom is -0.497 e. The Morgan fingerprint density at radius 3 is 2.37 bits per heavy atom. The van der Waals surface area contributed by atoms with E-state index in [2.05, 4.69) is 0 Å². The summed E-state index contributed by atoms with van der Waals surface area (Å²) in [5, 5.41) is 1.93. The molecule has 0 heterocycles. The van der Waals surface area contributed by atoms with Gasteiger partial charge in [0.15, 0.2) is 12.7 Å². The number of benzene rings is 3. The Morgan fingerprint density at radius 2 is 1.63 bits per heavy atom. The second kappa shape index (κ2) is 8.36. The number of hydrogen-bond donors (Lipinski definition) is 0. The third-order valence-electron chi connectivity index (χ3n) is 4.15. The summed E-state index contributed by atoms with van der Waals surface area (Å²) in [4.78, 5) is 24.4. The Kier molecular flexibility index (Phi) is 5.71. The molecule has 0 aliphatic heterocycles. The van der Waals surface area contributed by atoms with Crippen molar-refractivity contribution in [3.63, 3.8) is 0 Å². The number of rotatable bonds is 7. The standard InChI is InChI=1S/C22H20O5/c1-15(22(24)17-10-12-18(25-2)13-11-17)27-21(23)14-26-20-9-5-7-16-6-3-4-8-19(16)20/h3-13,15H,14H2,1-2H3/t15-/m0/s1. The van der Waals surface area contributed by atoms with Gasteiger partial charge in [-0.3, -0.25) is 4.79 Å². The van der Waals surface area contributed by atoms with Crippen LogP contribution in [0, 0.1) is 0 Å². The maximum absolute atomic E-state index is 12.4. The molecular weight excluding hydrogens is 344 g/mol. The van der Waals surface area contributed by atoms with E-state index in [1.807, 2.05) is 36.4 Å². The van der Waals surface area contributed by atoms with Crippen LogP contribution in [-0.2, 0) is 9.53 Å². The zero-order valence-corrected chi connectivity index (χ0v) is 15.2. The molecule has 138 valence electrons. The number of methoxy groups -OCH3 is 1. The third-order valence-corrected chi connectivity index (χ3v) is 4.15. The second-order valence-electron chi connectivity index (χ2n) is 5.99. The first kappa shape index (κ1) is 18.5. The van der Waals surface area contributed by atoms with Crippen molar-refractivity contribution >= 4 is 22.5 Å². The number of fused-ring (bicyclic) bond motifs is 1. The van der Waals surface area contributed by atoms with Crippen molar-refractivity contribution in [2.24, 2.45) is 0 Å². The Bertz CT molecular complexity index is 941. The highest BCUT2D eigenvalue weighted by Crippen LogP contribution is 2.25. The number of Topliss-reactive ketones (excluding diaryl/α,β-unsaturated/α-hetero) is 1. The summed E-state index contributed by atoms with van der Waals surface area (Å²) in [6.45, 7) is 1.27. The predicted octanol–water partition coefficient (Wildman–Crippen LogP) is 4.04. The Hall–Kier alpha value is -3.34. The highest BCUT2D eigenvalue weighted by atomic mass is 16.6. The summed E-state index contributed by atoms with van der Waals surface area (Å²) in [5.41, 5.74) is 0.450. The van der Waals surface area contributed by atoms with Gasteiger partial charge in [-0.1, -0.05) is 36.4 Å². The number of hydrogen-bond acceptors (Lipinski definition) is 5. The molecule has 0 aliphatic carbocycles. The van der Waals surface area contributed by atoms with Crippen molar-refractivity contribution in [1.82, 2.24) is 0 Å². The molecule has 0 saturated carbocycles. The number of carbonyl (C=O) groups excluding carboxylic acids is 2. The predicted molar refractivity (Wildman–Crippen MR) is 102 cm³/mol. The van der Waals surface area contributed by atoms with E-state index in [4.69, 9.17) is 14.2 Å². The molecule has 0 fully saturated rings. The Morgan fingerprint density at radius 1 is 0.926 bits per heavy atom. The summed E-state index contributed by atoms with van der Waals surface area (Å²) in [6, 6.07) is 20.0. The summed E-state index contributed by atoms with van der Waals surface area (Å²) in [7, 11) is 1.55. The SMILES string of the molecule is COc1ccc(C(=O)[C@H](C)OC(=O)COc2cccc3ccccc23)cc1. The molecule has 5 nitrogen and oxygen atoms in total. The normalized spacial score (nSPS) is 11.6. The van der Waals surface area contributed by atoms with Crippen LogP contribution >= 0.6 is 0 Å². The van der Waals surface area contributed by atoms with Gasteiger partial charge in [0.05, 0.1) is 7.11 Å². The van der Waals surface area contributed by atoms with E-state index in [-0.39, 0.29) is 12.4 Å².